The van der Waals surface area contributed by atoms with Crippen molar-refractivity contribution in [3.63, 3.8) is 0 Å². The molecule has 1 aromatic rings. The fraction of sp³-hybridized carbons (Fsp3) is 0.636. The Balaban J connectivity index is 1.77. The third-order valence-corrected chi connectivity index (χ3v) is 5.61. The number of nitrogens with zero attached hydrogens (tertiary/aromatic N) is 1. The number of carbonyl (C=O) groups excluding carboxylic acids is 2. The maximum Gasteiger partial charge on any atom is 0.410 e. The summed E-state index contributed by atoms with van der Waals surface area (Å²) in [6.45, 7) is 7.79. The number of ketones is 1. The number of rotatable bonds is 3. The number of hydrogen-bond donors (Lipinski definition) is 0. The third kappa shape index (κ3) is 3.94. The van der Waals surface area contributed by atoms with Crippen LogP contribution in [0.5, 0.6) is 0 Å². The molecule has 26 heavy (non-hydrogen) atoms. The molecule has 1 amide bonds. The highest BCUT2D eigenvalue weighted by atomic mass is 16.6. The normalized spacial score (nSPS) is 25.7. The van der Waals surface area contributed by atoms with Crippen LogP contribution in [0.3, 0.4) is 0 Å². The highest BCUT2D eigenvalue weighted by Gasteiger charge is 2.44. The first-order valence-corrected chi connectivity index (χ1v) is 9.93. The molecule has 0 radical (unpaired) electrons. The topological polar surface area (TPSA) is 46.6 Å². The van der Waals surface area contributed by atoms with E-state index in [1.165, 1.54) is 0 Å². The van der Waals surface area contributed by atoms with Crippen molar-refractivity contribution in [1.82, 2.24) is 4.90 Å². The summed E-state index contributed by atoms with van der Waals surface area (Å²) in [4.78, 5) is 27.8. The van der Waals surface area contributed by atoms with E-state index in [9.17, 15) is 9.59 Å². The monoisotopic (exact) mass is 357 g/mol. The Hall–Kier alpha value is -1.84. The van der Waals surface area contributed by atoms with E-state index in [1.54, 1.807) is 0 Å². The number of ether oxygens (including phenoxy) is 1. The van der Waals surface area contributed by atoms with Gasteiger partial charge in [0.1, 0.15) is 5.60 Å². The molecule has 2 aliphatic rings. The molecule has 4 heteroatoms. The lowest BCUT2D eigenvalue weighted by Crippen LogP contribution is -2.56. The van der Waals surface area contributed by atoms with Crippen LogP contribution in [0.15, 0.2) is 24.3 Å². The molecule has 0 aromatic heterocycles. The summed E-state index contributed by atoms with van der Waals surface area (Å²) >= 11 is 0. The largest absolute Gasteiger partial charge is 0.444 e. The summed E-state index contributed by atoms with van der Waals surface area (Å²) in [6, 6.07) is 8.19. The number of benzene rings is 1. The molecule has 142 valence electrons. The van der Waals surface area contributed by atoms with Gasteiger partial charge in [0.2, 0.25) is 0 Å². The SMILES string of the molecule is CCc1ccccc1C(=O)C1CC2CCCC(C1)N2C(=O)OC(C)(C)C. The molecule has 2 bridgehead atoms. The Labute approximate surface area is 156 Å². The Morgan fingerprint density at radius 3 is 2.31 bits per heavy atom. The molecule has 0 spiro atoms. The van der Waals surface area contributed by atoms with Crippen molar-refractivity contribution in [3.05, 3.63) is 35.4 Å². The van der Waals surface area contributed by atoms with E-state index >= 15 is 0 Å². The predicted octanol–water partition coefficient (Wildman–Crippen LogP) is 5.00. The zero-order valence-electron chi connectivity index (χ0n) is 16.5. The van der Waals surface area contributed by atoms with Crippen LogP contribution in [0.25, 0.3) is 0 Å². The van der Waals surface area contributed by atoms with Gasteiger partial charge in [-0.1, -0.05) is 31.2 Å². The molecule has 0 saturated carbocycles. The quantitative estimate of drug-likeness (QED) is 0.715. The van der Waals surface area contributed by atoms with Crippen molar-refractivity contribution in [1.29, 1.82) is 0 Å². The fourth-order valence-electron chi connectivity index (χ4n) is 4.50. The Morgan fingerprint density at radius 1 is 1.12 bits per heavy atom. The Morgan fingerprint density at radius 2 is 1.73 bits per heavy atom. The Bertz CT molecular complexity index is 662. The van der Waals surface area contributed by atoms with Gasteiger partial charge < -0.3 is 9.64 Å². The number of piperidine rings is 2. The lowest BCUT2D eigenvalue weighted by Gasteiger charge is -2.48. The minimum atomic E-state index is -0.488. The van der Waals surface area contributed by atoms with Crippen LogP contribution in [0, 0.1) is 5.92 Å². The van der Waals surface area contributed by atoms with Crippen LogP contribution >= 0.6 is 0 Å². The van der Waals surface area contributed by atoms with E-state index in [0.717, 1.165) is 49.7 Å². The van der Waals surface area contributed by atoms with Gasteiger partial charge in [0.15, 0.2) is 5.78 Å². The van der Waals surface area contributed by atoms with Crippen LogP contribution in [0.4, 0.5) is 4.79 Å². The molecule has 2 heterocycles. The third-order valence-electron chi connectivity index (χ3n) is 5.61. The highest BCUT2D eigenvalue weighted by molar-refractivity contribution is 5.99. The van der Waals surface area contributed by atoms with Crippen molar-refractivity contribution in [3.8, 4) is 0 Å². The lowest BCUT2D eigenvalue weighted by atomic mass is 9.75. The number of aryl methyl sites for hydroxylation is 1. The van der Waals surface area contributed by atoms with Crippen LogP contribution in [-0.4, -0.2) is 34.5 Å². The van der Waals surface area contributed by atoms with Crippen molar-refractivity contribution in [2.24, 2.45) is 5.92 Å². The summed E-state index contributed by atoms with van der Waals surface area (Å²) in [5, 5.41) is 0. The van der Waals surface area contributed by atoms with Gasteiger partial charge in [0.05, 0.1) is 0 Å². The first-order chi connectivity index (χ1) is 12.3. The number of Topliss-reactive ketones (excluding diaryl/α,β-unsaturated/α-hetero) is 1. The van der Waals surface area contributed by atoms with Crippen molar-refractivity contribution < 1.29 is 14.3 Å². The van der Waals surface area contributed by atoms with E-state index in [2.05, 4.69) is 6.92 Å². The number of amides is 1. The second-order valence-corrected chi connectivity index (χ2v) is 8.67. The molecule has 1 aromatic carbocycles. The standard InChI is InChI=1S/C22H31NO3/c1-5-15-9-6-7-12-19(15)20(24)16-13-17-10-8-11-18(14-16)23(17)21(25)26-22(2,3)4/h6-7,9,12,16-18H,5,8,10-11,13-14H2,1-4H3. The molecule has 2 unspecified atom stereocenters. The summed E-state index contributed by atoms with van der Waals surface area (Å²) in [7, 11) is 0. The van der Waals surface area contributed by atoms with Crippen LogP contribution in [-0.2, 0) is 11.2 Å². The van der Waals surface area contributed by atoms with Gasteiger partial charge in [-0.2, -0.15) is 0 Å². The maximum absolute atomic E-state index is 13.2. The molecule has 3 rings (SSSR count). The number of fused-ring (bicyclic) bond motifs is 2. The van der Waals surface area contributed by atoms with Crippen molar-refractivity contribution >= 4 is 11.9 Å². The molecule has 2 aliphatic heterocycles. The fourth-order valence-corrected chi connectivity index (χ4v) is 4.50. The highest BCUT2D eigenvalue weighted by Crippen LogP contribution is 2.39. The second kappa shape index (κ2) is 7.42. The lowest BCUT2D eigenvalue weighted by molar-refractivity contribution is -0.0260. The summed E-state index contributed by atoms with van der Waals surface area (Å²) in [6.07, 6.45) is 5.22. The summed E-state index contributed by atoms with van der Waals surface area (Å²) in [5.74, 6) is 0.264. The van der Waals surface area contributed by atoms with E-state index < -0.39 is 5.60 Å². The predicted molar refractivity (Wildman–Crippen MR) is 102 cm³/mol. The summed E-state index contributed by atoms with van der Waals surface area (Å²) < 4.78 is 5.63. The second-order valence-electron chi connectivity index (χ2n) is 8.67. The first kappa shape index (κ1) is 18.9. The zero-order chi connectivity index (χ0) is 18.9. The van der Waals surface area contributed by atoms with Crippen molar-refractivity contribution in [2.45, 2.75) is 83.9 Å². The van der Waals surface area contributed by atoms with Crippen LogP contribution in [0.2, 0.25) is 0 Å². The van der Waals surface area contributed by atoms with E-state index in [4.69, 9.17) is 4.74 Å². The van der Waals surface area contributed by atoms with Gasteiger partial charge in [-0.05, 0) is 64.9 Å². The van der Waals surface area contributed by atoms with E-state index in [1.807, 2.05) is 49.9 Å². The smallest absolute Gasteiger partial charge is 0.410 e. The molecular weight excluding hydrogens is 326 g/mol. The molecule has 0 N–H and O–H groups in total. The molecular formula is C22H31NO3. The number of carbonyl (C=O) groups is 2. The van der Waals surface area contributed by atoms with Gasteiger partial charge >= 0.3 is 6.09 Å². The van der Waals surface area contributed by atoms with Gasteiger partial charge in [0, 0.05) is 23.6 Å². The van der Waals surface area contributed by atoms with E-state index in [-0.39, 0.29) is 29.9 Å². The molecule has 4 nitrogen and oxygen atoms in total. The molecule has 0 aliphatic carbocycles. The minimum absolute atomic E-state index is 0.0108. The molecule has 2 saturated heterocycles. The Kier molecular flexibility index (Phi) is 5.40. The van der Waals surface area contributed by atoms with Gasteiger partial charge in [-0.3, -0.25) is 4.79 Å². The molecule has 2 fully saturated rings. The number of hydrogen-bond acceptors (Lipinski definition) is 3. The van der Waals surface area contributed by atoms with Gasteiger partial charge in [-0.15, -0.1) is 0 Å². The van der Waals surface area contributed by atoms with Crippen LogP contribution < -0.4 is 0 Å². The van der Waals surface area contributed by atoms with E-state index in [0.29, 0.717) is 0 Å². The average molecular weight is 357 g/mol. The van der Waals surface area contributed by atoms with Crippen LogP contribution in [0.1, 0.15) is 75.7 Å². The molecule has 2 atom stereocenters. The first-order valence-electron chi connectivity index (χ1n) is 9.93. The average Bonchev–Trinajstić information content (AvgIpc) is 2.58. The van der Waals surface area contributed by atoms with Gasteiger partial charge in [0.25, 0.3) is 0 Å². The van der Waals surface area contributed by atoms with Crippen molar-refractivity contribution in [2.75, 3.05) is 0 Å². The zero-order valence-corrected chi connectivity index (χ0v) is 16.5. The minimum Gasteiger partial charge on any atom is -0.444 e. The summed E-state index contributed by atoms with van der Waals surface area (Å²) in [5.41, 5.74) is 1.50. The maximum atomic E-state index is 13.2. The van der Waals surface area contributed by atoms with Gasteiger partial charge in [-0.25, -0.2) is 4.79 Å².